The fraction of sp³-hybridized carbons (Fsp3) is 0.667. The highest BCUT2D eigenvalue weighted by Crippen LogP contribution is 2.43. The van der Waals surface area contributed by atoms with Gasteiger partial charge < -0.3 is 10.3 Å². The maximum atomic E-state index is 5.50. The largest absolute Gasteiger partial charge is 0.331 e. The smallest absolute Gasteiger partial charge is 0.0950 e. The van der Waals surface area contributed by atoms with Crippen molar-refractivity contribution in [1.82, 2.24) is 9.55 Å². The molecule has 12 heavy (non-hydrogen) atoms. The van der Waals surface area contributed by atoms with Gasteiger partial charge in [-0.25, -0.2) is 4.98 Å². The van der Waals surface area contributed by atoms with E-state index in [4.69, 9.17) is 5.73 Å². The fourth-order valence-electron chi connectivity index (χ4n) is 1.66. The minimum absolute atomic E-state index is 0.703. The van der Waals surface area contributed by atoms with E-state index in [1.54, 1.807) is 0 Å². The van der Waals surface area contributed by atoms with Gasteiger partial charge in [-0.15, -0.1) is 0 Å². The second kappa shape index (κ2) is 2.90. The van der Waals surface area contributed by atoms with Crippen molar-refractivity contribution in [2.24, 2.45) is 11.7 Å². The Hall–Kier alpha value is -0.830. The second-order valence-corrected chi connectivity index (χ2v) is 3.61. The Morgan fingerprint density at radius 3 is 3.08 bits per heavy atom. The van der Waals surface area contributed by atoms with Gasteiger partial charge in [0, 0.05) is 24.4 Å². The second-order valence-electron chi connectivity index (χ2n) is 3.61. The number of rotatable bonds is 3. The van der Waals surface area contributed by atoms with Gasteiger partial charge in [-0.1, -0.05) is 6.92 Å². The van der Waals surface area contributed by atoms with E-state index >= 15 is 0 Å². The van der Waals surface area contributed by atoms with E-state index in [0.29, 0.717) is 12.6 Å². The van der Waals surface area contributed by atoms with Crippen LogP contribution >= 0.6 is 0 Å². The van der Waals surface area contributed by atoms with Crippen molar-refractivity contribution < 1.29 is 0 Å². The summed E-state index contributed by atoms with van der Waals surface area (Å²) in [5, 5.41) is 0. The number of nitrogens with zero attached hydrogens (tertiary/aromatic N) is 2. The molecule has 3 nitrogen and oxygen atoms in total. The molecule has 1 aliphatic rings. The molecule has 66 valence electrons. The van der Waals surface area contributed by atoms with Gasteiger partial charge in [-0.2, -0.15) is 0 Å². The minimum atomic E-state index is 0.703. The van der Waals surface area contributed by atoms with Crippen LogP contribution < -0.4 is 5.73 Å². The lowest BCUT2D eigenvalue weighted by atomic mass is 10.3. The van der Waals surface area contributed by atoms with Gasteiger partial charge >= 0.3 is 0 Å². The molecule has 2 rings (SSSR count). The van der Waals surface area contributed by atoms with Crippen molar-refractivity contribution in [3.05, 3.63) is 18.2 Å². The fourth-order valence-corrected chi connectivity index (χ4v) is 1.66. The molecule has 0 aromatic carbocycles. The van der Waals surface area contributed by atoms with Crippen molar-refractivity contribution >= 4 is 0 Å². The van der Waals surface area contributed by atoms with Gasteiger partial charge in [0.25, 0.3) is 0 Å². The van der Waals surface area contributed by atoms with E-state index in [1.165, 1.54) is 12.1 Å². The van der Waals surface area contributed by atoms with E-state index in [-0.39, 0.29) is 0 Å². The average Bonchev–Trinajstić information content (AvgIpc) is 2.62. The molecule has 0 amide bonds. The van der Waals surface area contributed by atoms with Crippen LogP contribution in [-0.4, -0.2) is 16.1 Å². The summed E-state index contributed by atoms with van der Waals surface area (Å²) in [6.07, 6.45) is 6.11. The molecule has 0 radical (unpaired) electrons. The van der Waals surface area contributed by atoms with Crippen molar-refractivity contribution in [1.29, 1.82) is 0 Å². The van der Waals surface area contributed by atoms with Crippen LogP contribution in [-0.2, 0) is 6.42 Å². The molecule has 1 fully saturated rings. The molecule has 1 heterocycles. The highest BCUT2D eigenvalue weighted by molar-refractivity contribution is 5.05. The molecule has 2 unspecified atom stereocenters. The quantitative estimate of drug-likeness (QED) is 0.725. The van der Waals surface area contributed by atoms with Crippen molar-refractivity contribution in [2.45, 2.75) is 25.8 Å². The predicted molar refractivity (Wildman–Crippen MR) is 47.8 cm³/mol. The van der Waals surface area contributed by atoms with Crippen LogP contribution in [0.3, 0.4) is 0 Å². The number of nitrogens with two attached hydrogens (primary N) is 1. The van der Waals surface area contributed by atoms with Gasteiger partial charge in [0.1, 0.15) is 0 Å². The normalized spacial score (nSPS) is 27.5. The zero-order valence-corrected chi connectivity index (χ0v) is 7.40. The molecule has 2 N–H and O–H groups in total. The predicted octanol–water partition coefficient (Wildman–Crippen LogP) is 0.965. The molecule has 2 atom stereocenters. The Kier molecular flexibility index (Phi) is 1.89. The summed E-state index contributed by atoms with van der Waals surface area (Å²) in [5.74, 6) is 0.829. The zero-order valence-electron chi connectivity index (χ0n) is 7.40. The van der Waals surface area contributed by atoms with Crippen molar-refractivity contribution in [3.63, 3.8) is 0 Å². The lowest BCUT2D eigenvalue weighted by Crippen LogP contribution is -2.07. The summed E-state index contributed by atoms with van der Waals surface area (Å²) in [4.78, 5) is 4.14. The molecule has 3 heteroatoms. The molecule has 1 aliphatic carbocycles. The van der Waals surface area contributed by atoms with E-state index in [0.717, 1.165) is 12.3 Å². The first-order valence-electron chi connectivity index (χ1n) is 4.53. The number of hydrogen-bond donors (Lipinski definition) is 1. The molecule has 0 spiro atoms. The van der Waals surface area contributed by atoms with Crippen LogP contribution in [0, 0.1) is 5.92 Å². The summed E-state index contributed by atoms with van der Waals surface area (Å²) < 4.78 is 2.28. The molecule has 0 bridgehead atoms. The van der Waals surface area contributed by atoms with Crippen molar-refractivity contribution in [2.75, 3.05) is 6.54 Å². The SMILES string of the molecule is CC1CC1n1cncc1CCN. The Morgan fingerprint density at radius 2 is 2.50 bits per heavy atom. The average molecular weight is 165 g/mol. The van der Waals surface area contributed by atoms with Crippen LogP contribution in [0.2, 0.25) is 0 Å². The molecule has 1 saturated carbocycles. The Morgan fingerprint density at radius 1 is 1.75 bits per heavy atom. The first-order valence-corrected chi connectivity index (χ1v) is 4.53. The molecule has 1 aromatic heterocycles. The summed E-state index contributed by atoms with van der Waals surface area (Å²) in [6.45, 7) is 2.99. The summed E-state index contributed by atoms with van der Waals surface area (Å²) in [6, 6.07) is 0.703. The maximum absolute atomic E-state index is 5.50. The van der Waals surface area contributed by atoms with Gasteiger partial charge in [0.2, 0.25) is 0 Å². The van der Waals surface area contributed by atoms with Crippen LogP contribution in [0.25, 0.3) is 0 Å². The van der Waals surface area contributed by atoms with E-state index in [2.05, 4.69) is 16.5 Å². The Balaban J connectivity index is 2.14. The highest BCUT2D eigenvalue weighted by Gasteiger charge is 2.34. The molecular formula is C9H15N3. The number of imidazole rings is 1. The third kappa shape index (κ3) is 1.25. The molecule has 0 saturated heterocycles. The van der Waals surface area contributed by atoms with Crippen LogP contribution in [0.4, 0.5) is 0 Å². The van der Waals surface area contributed by atoms with Gasteiger partial charge in [-0.05, 0) is 18.9 Å². The molecule has 1 aromatic rings. The third-order valence-corrected chi connectivity index (χ3v) is 2.57. The topological polar surface area (TPSA) is 43.8 Å². The summed E-state index contributed by atoms with van der Waals surface area (Å²) in [7, 11) is 0. The van der Waals surface area contributed by atoms with Gasteiger partial charge in [-0.3, -0.25) is 0 Å². The standard InChI is InChI=1S/C9H15N3/c1-7-4-9(7)12-6-11-5-8(12)2-3-10/h5-7,9H,2-4,10H2,1H3. The van der Waals surface area contributed by atoms with Gasteiger partial charge in [0.05, 0.1) is 6.33 Å². The Bertz CT molecular complexity index is 266. The Labute approximate surface area is 72.6 Å². The lowest BCUT2D eigenvalue weighted by Gasteiger charge is -2.04. The minimum Gasteiger partial charge on any atom is -0.331 e. The van der Waals surface area contributed by atoms with E-state index < -0.39 is 0 Å². The van der Waals surface area contributed by atoms with Crippen molar-refractivity contribution in [3.8, 4) is 0 Å². The molecule has 0 aliphatic heterocycles. The first-order chi connectivity index (χ1) is 5.83. The summed E-state index contributed by atoms with van der Waals surface area (Å²) in [5.41, 5.74) is 6.79. The number of aromatic nitrogens is 2. The first kappa shape index (κ1) is 7.80. The highest BCUT2D eigenvalue weighted by atomic mass is 15.1. The van der Waals surface area contributed by atoms with E-state index in [1.807, 2.05) is 12.5 Å². The zero-order chi connectivity index (χ0) is 8.55. The lowest BCUT2D eigenvalue weighted by molar-refractivity contribution is 0.648. The third-order valence-electron chi connectivity index (χ3n) is 2.57. The van der Waals surface area contributed by atoms with Crippen LogP contribution in [0.1, 0.15) is 25.1 Å². The van der Waals surface area contributed by atoms with E-state index in [9.17, 15) is 0 Å². The number of hydrogen-bond acceptors (Lipinski definition) is 2. The monoisotopic (exact) mass is 165 g/mol. The maximum Gasteiger partial charge on any atom is 0.0950 e. The molecular weight excluding hydrogens is 150 g/mol. The summed E-state index contributed by atoms with van der Waals surface area (Å²) >= 11 is 0. The van der Waals surface area contributed by atoms with Crippen LogP contribution in [0.5, 0.6) is 0 Å². The van der Waals surface area contributed by atoms with Gasteiger partial charge in [0.15, 0.2) is 0 Å². The van der Waals surface area contributed by atoms with Crippen LogP contribution in [0.15, 0.2) is 12.5 Å².